The minimum Gasteiger partial charge on any atom is -0.300 e. The van der Waals surface area contributed by atoms with E-state index in [1.54, 1.807) is 0 Å². The molecule has 0 aromatic carbocycles. The number of aryl methyl sites for hydroxylation is 2. The maximum Gasteiger partial charge on any atom is 0.330 e. The molecule has 0 bridgehead atoms. The Labute approximate surface area is 163 Å². The third-order valence-corrected chi connectivity index (χ3v) is 4.59. The normalized spacial score (nSPS) is 11.1. The van der Waals surface area contributed by atoms with Gasteiger partial charge in [-0.25, -0.2) is 9.59 Å². The molecule has 2 heterocycles. The van der Waals surface area contributed by atoms with E-state index >= 15 is 0 Å². The van der Waals surface area contributed by atoms with Gasteiger partial charge in [0.25, 0.3) is 11.1 Å². The van der Waals surface area contributed by atoms with E-state index in [4.69, 9.17) is 0 Å². The van der Waals surface area contributed by atoms with Crippen LogP contribution in [0.4, 0.5) is 0 Å². The van der Waals surface area contributed by atoms with Crippen molar-refractivity contribution in [3.8, 4) is 11.1 Å². The van der Waals surface area contributed by atoms with Gasteiger partial charge in [-0.05, 0) is 25.7 Å². The van der Waals surface area contributed by atoms with E-state index < -0.39 is 11.1 Å². The summed E-state index contributed by atoms with van der Waals surface area (Å²) in [6, 6.07) is 0. The Morgan fingerprint density at radius 3 is 1.18 bits per heavy atom. The molecule has 0 fully saturated rings. The van der Waals surface area contributed by atoms with Crippen molar-refractivity contribution in [2.24, 2.45) is 0 Å². The monoisotopic (exact) mass is 390 g/mol. The van der Waals surface area contributed by atoms with E-state index in [1.807, 2.05) is 27.7 Å². The molecule has 0 radical (unpaired) electrons. The first-order chi connectivity index (χ1) is 13.4. The smallest absolute Gasteiger partial charge is 0.300 e. The highest BCUT2D eigenvalue weighted by Crippen LogP contribution is 2.09. The average Bonchev–Trinajstić information content (AvgIpc) is 2.67. The van der Waals surface area contributed by atoms with Gasteiger partial charge in [-0.1, -0.05) is 27.7 Å². The van der Waals surface area contributed by atoms with Gasteiger partial charge < -0.3 is 0 Å². The molecule has 0 amide bonds. The first-order valence-electron chi connectivity index (χ1n) is 10.1. The van der Waals surface area contributed by atoms with Crippen LogP contribution >= 0.6 is 0 Å². The number of rotatable bonds is 9. The zero-order valence-electron chi connectivity index (χ0n) is 17.2. The summed E-state index contributed by atoms with van der Waals surface area (Å²) in [6.07, 6.45) is 5.63. The van der Waals surface area contributed by atoms with Crippen LogP contribution in [0.3, 0.4) is 0 Å². The van der Waals surface area contributed by atoms with Crippen molar-refractivity contribution in [2.75, 3.05) is 0 Å². The third kappa shape index (κ3) is 4.10. The van der Waals surface area contributed by atoms with Crippen LogP contribution in [0.2, 0.25) is 0 Å². The van der Waals surface area contributed by atoms with Gasteiger partial charge in [0.2, 0.25) is 0 Å². The molecule has 2 rings (SSSR count). The predicted molar refractivity (Wildman–Crippen MR) is 110 cm³/mol. The predicted octanol–water partition coefficient (Wildman–Crippen LogP) is 1.64. The second kappa shape index (κ2) is 9.52. The molecule has 0 atom stereocenters. The maximum absolute atomic E-state index is 13.0. The maximum atomic E-state index is 13.0. The molecule has 8 heteroatoms. The van der Waals surface area contributed by atoms with E-state index in [0.29, 0.717) is 25.9 Å². The van der Waals surface area contributed by atoms with Crippen molar-refractivity contribution in [3.63, 3.8) is 0 Å². The Morgan fingerprint density at radius 2 is 0.893 bits per heavy atom. The van der Waals surface area contributed by atoms with Crippen molar-refractivity contribution in [1.29, 1.82) is 0 Å². The lowest BCUT2D eigenvalue weighted by molar-refractivity contribution is 0.534. The topological polar surface area (TPSA) is 88.0 Å². The second-order valence-electron chi connectivity index (χ2n) is 6.95. The first kappa shape index (κ1) is 21.7. The van der Waals surface area contributed by atoms with Gasteiger partial charge in [0.15, 0.2) is 0 Å². The van der Waals surface area contributed by atoms with Crippen molar-refractivity contribution in [2.45, 2.75) is 79.6 Å². The molecule has 0 N–H and O–H groups in total. The Hall–Kier alpha value is -2.64. The molecule has 0 spiro atoms. The largest absolute Gasteiger partial charge is 0.330 e. The van der Waals surface area contributed by atoms with Gasteiger partial charge in [0.1, 0.15) is 0 Å². The van der Waals surface area contributed by atoms with Crippen LogP contribution in [0, 0.1) is 0 Å². The summed E-state index contributed by atoms with van der Waals surface area (Å²) in [7, 11) is 0. The SMILES string of the molecule is CCCn1cc(-c2cn(CCC)c(=O)n(CCC)c2=O)c(=O)n(CCC)c1=O. The number of aromatic nitrogens is 4. The summed E-state index contributed by atoms with van der Waals surface area (Å²) < 4.78 is 5.32. The van der Waals surface area contributed by atoms with Gasteiger partial charge >= 0.3 is 11.4 Å². The molecule has 2 aromatic heterocycles. The summed E-state index contributed by atoms with van der Waals surface area (Å²) in [4.78, 5) is 51.3. The zero-order valence-corrected chi connectivity index (χ0v) is 17.2. The van der Waals surface area contributed by atoms with Crippen molar-refractivity contribution in [3.05, 3.63) is 54.1 Å². The van der Waals surface area contributed by atoms with E-state index in [0.717, 1.165) is 12.8 Å². The third-order valence-electron chi connectivity index (χ3n) is 4.59. The standard InChI is InChI=1S/C20H30N4O4/c1-5-9-21-13-15(17(25)23(11-7-3)19(21)27)16-14-22(10-6-2)20(28)24(12-8-4)18(16)26/h13-14H,5-12H2,1-4H3. The lowest BCUT2D eigenvalue weighted by atomic mass is 10.1. The number of hydrogen-bond donors (Lipinski definition) is 0. The fourth-order valence-electron chi connectivity index (χ4n) is 3.32. The Balaban J connectivity index is 2.90. The van der Waals surface area contributed by atoms with Gasteiger partial charge in [0.05, 0.1) is 11.1 Å². The summed E-state index contributed by atoms with van der Waals surface area (Å²) in [5.41, 5.74) is -1.37. The molecule has 154 valence electrons. The summed E-state index contributed by atoms with van der Waals surface area (Å²) >= 11 is 0. The van der Waals surface area contributed by atoms with E-state index in [1.165, 1.54) is 30.7 Å². The molecular weight excluding hydrogens is 360 g/mol. The molecule has 0 aliphatic rings. The van der Waals surface area contributed by atoms with Crippen LogP contribution in [-0.4, -0.2) is 18.3 Å². The van der Waals surface area contributed by atoms with E-state index in [9.17, 15) is 19.2 Å². The van der Waals surface area contributed by atoms with Gasteiger partial charge in [-0.15, -0.1) is 0 Å². The molecule has 8 nitrogen and oxygen atoms in total. The minimum atomic E-state index is -0.485. The molecule has 28 heavy (non-hydrogen) atoms. The fourth-order valence-corrected chi connectivity index (χ4v) is 3.32. The van der Waals surface area contributed by atoms with Gasteiger partial charge in [0, 0.05) is 38.6 Å². The van der Waals surface area contributed by atoms with E-state index in [-0.39, 0.29) is 35.6 Å². The first-order valence-corrected chi connectivity index (χ1v) is 10.1. The molecule has 0 saturated heterocycles. The highest BCUT2D eigenvalue weighted by Gasteiger charge is 2.18. The van der Waals surface area contributed by atoms with Gasteiger partial charge in [-0.2, -0.15) is 0 Å². The molecule has 0 saturated carbocycles. The second-order valence-corrected chi connectivity index (χ2v) is 6.95. The Bertz CT molecular complexity index is 970. The fraction of sp³-hybridized carbons (Fsp3) is 0.600. The lowest BCUT2D eigenvalue weighted by Crippen LogP contribution is -2.43. The van der Waals surface area contributed by atoms with Crippen molar-refractivity contribution < 1.29 is 0 Å². The summed E-state index contributed by atoms with van der Waals surface area (Å²) in [5.74, 6) is 0. The quantitative estimate of drug-likeness (QED) is 0.651. The molecular formula is C20H30N4O4. The average molecular weight is 390 g/mol. The highest BCUT2D eigenvalue weighted by molar-refractivity contribution is 5.59. The van der Waals surface area contributed by atoms with Crippen molar-refractivity contribution >= 4 is 0 Å². The van der Waals surface area contributed by atoms with Crippen LogP contribution in [0.1, 0.15) is 53.4 Å². The molecule has 0 aliphatic heterocycles. The number of hydrogen-bond acceptors (Lipinski definition) is 4. The minimum absolute atomic E-state index is 0.168. The summed E-state index contributed by atoms with van der Waals surface area (Å²) in [6.45, 7) is 9.13. The van der Waals surface area contributed by atoms with Gasteiger partial charge in [-0.3, -0.25) is 27.9 Å². The van der Waals surface area contributed by atoms with E-state index in [2.05, 4.69) is 0 Å². The summed E-state index contributed by atoms with van der Waals surface area (Å²) in [5, 5.41) is 0. The lowest BCUT2D eigenvalue weighted by Gasteiger charge is -2.15. The van der Waals surface area contributed by atoms with Crippen LogP contribution in [0.5, 0.6) is 0 Å². The molecule has 2 aromatic rings. The Kier molecular flexibility index (Phi) is 7.37. The number of nitrogens with zero attached hydrogens (tertiary/aromatic N) is 4. The molecule has 0 aliphatic carbocycles. The molecule has 0 unspecified atom stereocenters. The zero-order chi connectivity index (χ0) is 20.8. The van der Waals surface area contributed by atoms with Crippen LogP contribution < -0.4 is 22.5 Å². The van der Waals surface area contributed by atoms with Crippen LogP contribution in [-0.2, 0) is 26.2 Å². The highest BCUT2D eigenvalue weighted by atomic mass is 16.2. The van der Waals surface area contributed by atoms with Crippen LogP contribution in [0.15, 0.2) is 31.6 Å². The van der Waals surface area contributed by atoms with Crippen LogP contribution in [0.25, 0.3) is 11.1 Å². The van der Waals surface area contributed by atoms with Crippen molar-refractivity contribution in [1.82, 2.24) is 18.3 Å². The Morgan fingerprint density at radius 1 is 0.571 bits per heavy atom.